The number of benzene rings is 1. The summed E-state index contributed by atoms with van der Waals surface area (Å²) >= 11 is 1.70. The van der Waals surface area contributed by atoms with Gasteiger partial charge in [-0.1, -0.05) is 30.3 Å². The Morgan fingerprint density at radius 2 is 2.06 bits per heavy atom. The van der Waals surface area contributed by atoms with Crippen LogP contribution in [0.25, 0.3) is 0 Å². The number of hydrogen-bond donors (Lipinski definition) is 2. The highest BCUT2D eigenvalue weighted by Crippen LogP contribution is 2.00. The van der Waals surface area contributed by atoms with Gasteiger partial charge in [-0.2, -0.15) is 11.8 Å². The molecule has 17 heavy (non-hydrogen) atoms. The van der Waals surface area contributed by atoms with Gasteiger partial charge in [-0.05, 0) is 24.0 Å². The third kappa shape index (κ3) is 6.56. The maximum atomic E-state index is 11.6. The van der Waals surface area contributed by atoms with Crippen LogP contribution in [0.3, 0.4) is 0 Å². The maximum absolute atomic E-state index is 11.6. The molecule has 3 N–H and O–H groups in total. The third-order valence-corrected chi connectivity index (χ3v) is 2.92. The molecule has 0 aliphatic heterocycles. The van der Waals surface area contributed by atoms with Crippen LogP contribution in [-0.4, -0.2) is 24.0 Å². The van der Waals surface area contributed by atoms with Crippen LogP contribution in [-0.2, 0) is 11.3 Å². The van der Waals surface area contributed by atoms with Gasteiger partial charge in [-0.25, -0.2) is 0 Å². The molecule has 0 saturated heterocycles. The first kappa shape index (κ1) is 16.3. The Balaban J connectivity index is 0.00000256. The summed E-state index contributed by atoms with van der Waals surface area (Å²) in [5.74, 6) is 0.845. The number of nitrogens with two attached hydrogens (primary N) is 1. The molecule has 3 nitrogen and oxygen atoms in total. The van der Waals surface area contributed by atoms with Gasteiger partial charge in [0, 0.05) is 6.54 Å². The van der Waals surface area contributed by atoms with E-state index >= 15 is 0 Å². The molecule has 96 valence electrons. The lowest BCUT2D eigenvalue weighted by molar-refractivity contribution is -0.122. The summed E-state index contributed by atoms with van der Waals surface area (Å²) in [7, 11) is 0. The van der Waals surface area contributed by atoms with E-state index in [0.717, 1.165) is 17.7 Å². The van der Waals surface area contributed by atoms with Crippen LogP contribution in [0.2, 0.25) is 0 Å². The zero-order chi connectivity index (χ0) is 11.8. The quantitative estimate of drug-likeness (QED) is 0.832. The Labute approximate surface area is 113 Å². The second kappa shape index (κ2) is 9.33. The summed E-state index contributed by atoms with van der Waals surface area (Å²) in [6.07, 6.45) is 2.73. The first-order valence-electron chi connectivity index (χ1n) is 5.30. The zero-order valence-corrected chi connectivity index (χ0v) is 11.5. The van der Waals surface area contributed by atoms with Crippen LogP contribution in [0.1, 0.15) is 12.0 Å². The van der Waals surface area contributed by atoms with E-state index in [1.165, 1.54) is 0 Å². The lowest BCUT2D eigenvalue weighted by Crippen LogP contribution is -2.40. The number of hydrogen-bond acceptors (Lipinski definition) is 3. The van der Waals surface area contributed by atoms with Crippen LogP contribution in [0.4, 0.5) is 0 Å². The molecule has 1 aromatic rings. The molecule has 0 radical (unpaired) electrons. The molecule has 1 aromatic carbocycles. The molecule has 1 amide bonds. The fourth-order valence-electron chi connectivity index (χ4n) is 1.29. The van der Waals surface area contributed by atoms with Crippen LogP contribution in [0, 0.1) is 0 Å². The van der Waals surface area contributed by atoms with Gasteiger partial charge in [0.1, 0.15) is 0 Å². The van der Waals surface area contributed by atoms with Crippen molar-refractivity contribution in [3.05, 3.63) is 35.9 Å². The largest absolute Gasteiger partial charge is 0.351 e. The number of rotatable bonds is 6. The van der Waals surface area contributed by atoms with Gasteiger partial charge in [0.2, 0.25) is 5.91 Å². The average molecular weight is 275 g/mol. The first-order valence-corrected chi connectivity index (χ1v) is 6.69. The summed E-state index contributed by atoms with van der Waals surface area (Å²) in [5.41, 5.74) is 6.83. The standard InChI is InChI=1S/C12H18N2OS.ClH/c1-16-8-7-11(13)12(15)14-9-10-5-3-2-4-6-10;/h2-6,11H,7-9,13H2,1H3,(H,14,15);1H. The van der Waals surface area contributed by atoms with E-state index in [2.05, 4.69) is 5.32 Å². The number of carbonyl (C=O) groups is 1. The zero-order valence-electron chi connectivity index (χ0n) is 9.89. The van der Waals surface area contributed by atoms with E-state index in [9.17, 15) is 4.79 Å². The Morgan fingerprint density at radius 1 is 1.41 bits per heavy atom. The van der Waals surface area contributed by atoms with Gasteiger partial charge in [-0.3, -0.25) is 4.79 Å². The van der Waals surface area contributed by atoms with E-state index in [0.29, 0.717) is 6.54 Å². The highest BCUT2D eigenvalue weighted by molar-refractivity contribution is 7.98. The van der Waals surface area contributed by atoms with Gasteiger partial charge in [-0.15, -0.1) is 12.4 Å². The van der Waals surface area contributed by atoms with Gasteiger partial charge in [0.25, 0.3) is 0 Å². The number of amides is 1. The fourth-order valence-corrected chi connectivity index (χ4v) is 1.78. The molecule has 1 rings (SSSR count). The lowest BCUT2D eigenvalue weighted by Gasteiger charge is -2.11. The minimum absolute atomic E-state index is 0. The summed E-state index contributed by atoms with van der Waals surface area (Å²) in [4.78, 5) is 11.6. The van der Waals surface area contributed by atoms with Crippen molar-refractivity contribution in [1.29, 1.82) is 0 Å². The van der Waals surface area contributed by atoms with Crippen molar-refractivity contribution in [2.75, 3.05) is 12.0 Å². The predicted molar refractivity (Wildman–Crippen MR) is 76.5 cm³/mol. The van der Waals surface area contributed by atoms with Crippen molar-refractivity contribution >= 4 is 30.1 Å². The van der Waals surface area contributed by atoms with Crippen molar-refractivity contribution in [3.63, 3.8) is 0 Å². The van der Waals surface area contributed by atoms with E-state index in [1.807, 2.05) is 36.6 Å². The van der Waals surface area contributed by atoms with Crippen molar-refractivity contribution in [2.45, 2.75) is 19.0 Å². The summed E-state index contributed by atoms with van der Waals surface area (Å²) in [6, 6.07) is 9.43. The molecular weight excluding hydrogens is 256 g/mol. The Kier molecular flexibility index (Phi) is 8.94. The van der Waals surface area contributed by atoms with Crippen LogP contribution < -0.4 is 11.1 Å². The molecule has 0 spiro atoms. The number of halogens is 1. The summed E-state index contributed by atoms with van der Waals surface area (Å²) in [6.45, 7) is 0.548. The summed E-state index contributed by atoms with van der Waals surface area (Å²) < 4.78 is 0. The minimum atomic E-state index is -0.392. The molecule has 0 aliphatic carbocycles. The monoisotopic (exact) mass is 274 g/mol. The topological polar surface area (TPSA) is 55.1 Å². The molecular formula is C12H19ClN2OS. The number of nitrogens with one attached hydrogen (secondary N) is 1. The smallest absolute Gasteiger partial charge is 0.237 e. The molecule has 0 bridgehead atoms. The highest BCUT2D eigenvalue weighted by Gasteiger charge is 2.11. The number of thioether (sulfide) groups is 1. The molecule has 0 fully saturated rings. The maximum Gasteiger partial charge on any atom is 0.237 e. The normalized spacial score (nSPS) is 11.4. The third-order valence-electron chi connectivity index (χ3n) is 2.28. The average Bonchev–Trinajstić information content (AvgIpc) is 2.34. The second-order valence-corrected chi connectivity index (χ2v) is 4.58. The van der Waals surface area contributed by atoms with Gasteiger partial charge < -0.3 is 11.1 Å². The van der Waals surface area contributed by atoms with Crippen molar-refractivity contribution < 1.29 is 4.79 Å². The SMILES string of the molecule is CSCCC(N)C(=O)NCc1ccccc1.Cl. The molecule has 0 aromatic heterocycles. The van der Waals surface area contributed by atoms with Crippen LogP contribution in [0.15, 0.2) is 30.3 Å². The Morgan fingerprint density at radius 3 is 2.65 bits per heavy atom. The molecule has 0 heterocycles. The number of carbonyl (C=O) groups excluding carboxylic acids is 1. The lowest BCUT2D eigenvalue weighted by atomic mass is 10.2. The van der Waals surface area contributed by atoms with Crippen molar-refractivity contribution in [3.8, 4) is 0 Å². The fraction of sp³-hybridized carbons (Fsp3) is 0.417. The Bertz CT molecular complexity index is 322. The van der Waals surface area contributed by atoms with Crippen LogP contribution >= 0.6 is 24.2 Å². The first-order chi connectivity index (χ1) is 7.74. The van der Waals surface area contributed by atoms with Crippen molar-refractivity contribution in [1.82, 2.24) is 5.32 Å². The predicted octanol–water partition coefficient (Wildman–Crippen LogP) is 1.80. The van der Waals surface area contributed by atoms with E-state index < -0.39 is 6.04 Å². The van der Waals surface area contributed by atoms with Crippen molar-refractivity contribution in [2.24, 2.45) is 5.73 Å². The van der Waals surface area contributed by atoms with E-state index in [4.69, 9.17) is 5.73 Å². The van der Waals surface area contributed by atoms with E-state index in [-0.39, 0.29) is 18.3 Å². The molecule has 5 heteroatoms. The molecule has 0 saturated carbocycles. The molecule has 0 aliphatic rings. The second-order valence-electron chi connectivity index (χ2n) is 3.59. The van der Waals surface area contributed by atoms with Gasteiger partial charge in [0.15, 0.2) is 0 Å². The minimum Gasteiger partial charge on any atom is -0.351 e. The van der Waals surface area contributed by atoms with Crippen LogP contribution in [0.5, 0.6) is 0 Å². The Hall–Kier alpha value is -0.710. The highest BCUT2D eigenvalue weighted by atomic mass is 35.5. The van der Waals surface area contributed by atoms with Gasteiger partial charge >= 0.3 is 0 Å². The van der Waals surface area contributed by atoms with Gasteiger partial charge in [0.05, 0.1) is 6.04 Å². The summed E-state index contributed by atoms with van der Waals surface area (Å²) in [5, 5.41) is 2.83. The molecule has 1 atom stereocenters. The van der Waals surface area contributed by atoms with E-state index in [1.54, 1.807) is 11.8 Å². The molecule has 1 unspecified atom stereocenters.